The number of carbonyl (C=O) groups is 2. The summed E-state index contributed by atoms with van der Waals surface area (Å²) in [5.41, 5.74) is 0.230. The number of carboxylic acid groups (broad SMARTS) is 1. The fraction of sp³-hybridized carbons (Fsp3) is 0.286. The molecular weight excluding hydrogens is 248 g/mol. The van der Waals surface area contributed by atoms with E-state index in [9.17, 15) is 9.59 Å². The van der Waals surface area contributed by atoms with E-state index < -0.39 is 17.9 Å². The van der Waals surface area contributed by atoms with Crippen LogP contribution >= 0.6 is 0 Å². The molecule has 1 unspecified atom stereocenters. The largest absolute Gasteiger partial charge is 0.493 e. The molecule has 5 nitrogen and oxygen atoms in total. The average Bonchev–Trinajstić information content (AvgIpc) is 2.39. The van der Waals surface area contributed by atoms with E-state index in [1.54, 1.807) is 24.3 Å². The summed E-state index contributed by atoms with van der Waals surface area (Å²) in [6.45, 7) is 4.61. The van der Waals surface area contributed by atoms with Crippen LogP contribution in [0.2, 0.25) is 0 Å². The maximum Gasteiger partial charge on any atom is 0.333 e. The summed E-state index contributed by atoms with van der Waals surface area (Å²) in [5.74, 6) is -2.03. The van der Waals surface area contributed by atoms with Gasteiger partial charge in [0.2, 0.25) is 0 Å². The van der Waals surface area contributed by atoms with Crippen LogP contribution in [-0.4, -0.2) is 30.3 Å². The first-order chi connectivity index (χ1) is 9.00. The molecular formula is C14H16O5. The third-order valence-electron chi connectivity index (χ3n) is 2.31. The number of para-hydroxylation sites is 1. The first kappa shape index (κ1) is 14.8. The summed E-state index contributed by atoms with van der Waals surface area (Å²) in [4.78, 5) is 22.2. The Morgan fingerprint density at radius 3 is 2.42 bits per heavy atom. The van der Waals surface area contributed by atoms with Crippen molar-refractivity contribution in [3.05, 3.63) is 42.5 Å². The number of aliphatic carboxylic acids is 1. The molecule has 1 aromatic carbocycles. The van der Waals surface area contributed by atoms with Crippen molar-refractivity contribution in [2.75, 3.05) is 13.2 Å². The molecule has 5 heteroatoms. The average molecular weight is 264 g/mol. The highest BCUT2D eigenvalue weighted by Crippen LogP contribution is 2.11. The third-order valence-corrected chi connectivity index (χ3v) is 2.31. The van der Waals surface area contributed by atoms with Crippen LogP contribution in [0.4, 0.5) is 0 Å². The molecule has 0 spiro atoms. The smallest absolute Gasteiger partial charge is 0.333 e. The van der Waals surface area contributed by atoms with E-state index >= 15 is 0 Å². The molecule has 0 aromatic heterocycles. The van der Waals surface area contributed by atoms with Crippen molar-refractivity contribution in [1.82, 2.24) is 0 Å². The number of hydrogen-bond acceptors (Lipinski definition) is 4. The van der Waals surface area contributed by atoms with Gasteiger partial charge in [0.1, 0.15) is 24.9 Å². The second-order valence-corrected chi connectivity index (χ2v) is 4.04. The van der Waals surface area contributed by atoms with Crippen LogP contribution < -0.4 is 4.74 Å². The second-order valence-electron chi connectivity index (χ2n) is 4.04. The standard InChI is InChI=1S/C14H16O5/c1-10(2)14(17)19-9-11(13(15)16)8-18-12-6-4-3-5-7-12/h3-7,11H,1,8-9H2,2H3,(H,15,16). The molecule has 0 saturated heterocycles. The molecule has 0 amide bonds. The summed E-state index contributed by atoms with van der Waals surface area (Å²) < 4.78 is 10.1. The SMILES string of the molecule is C=C(C)C(=O)OCC(COc1ccccc1)C(=O)O. The number of esters is 1. The van der Waals surface area contributed by atoms with Crippen molar-refractivity contribution in [3.63, 3.8) is 0 Å². The molecule has 0 aliphatic carbocycles. The van der Waals surface area contributed by atoms with Gasteiger partial charge in [-0.05, 0) is 19.1 Å². The molecule has 0 radical (unpaired) electrons. The topological polar surface area (TPSA) is 72.8 Å². The zero-order valence-corrected chi connectivity index (χ0v) is 10.7. The van der Waals surface area contributed by atoms with E-state index in [1.165, 1.54) is 6.92 Å². The van der Waals surface area contributed by atoms with Gasteiger partial charge in [-0.15, -0.1) is 0 Å². The summed E-state index contributed by atoms with van der Waals surface area (Å²) in [6, 6.07) is 8.84. The van der Waals surface area contributed by atoms with Crippen molar-refractivity contribution >= 4 is 11.9 Å². The molecule has 102 valence electrons. The normalized spacial score (nSPS) is 11.4. The fourth-order valence-corrected chi connectivity index (χ4v) is 1.20. The Hall–Kier alpha value is -2.30. The lowest BCUT2D eigenvalue weighted by Crippen LogP contribution is -2.27. The van der Waals surface area contributed by atoms with E-state index in [2.05, 4.69) is 6.58 Å². The first-order valence-corrected chi connectivity index (χ1v) is 5.74. The highest BCUT2D eigenvalue weighted by Gasteiger charge is 2.21. The Morgan fingerprint density at radius 2 is 1.89 bits per heavy atom. The summed E-state index contributed by atoms with van der Waals surface area (Å²) in [5, 5.41) is 9.01. The van der Waals surface area contributed by atoms with Crippen LogP contribution in [0.15, 0.2) is 42.5 Å². The lowest BCUT2D eigenvalue weighted by Gasteiger charge is -2.14. The lowest BCUT2D eigenvalue weighted by atomic mass is 10.2. The van der Waals surface area contributed by atoms with Gasteiger partial charge in [-0.1, -0.05) is 24.8 Å². The fourth-order valence-electron chi connectivity index (χ4n) is 1.20. The molecule has 1 atom stereocenters. The number of benzene rings is 1. The van der Waals surface area contributed by atoms with Crippen molar-refractivity contribution in [1.29, 1.82) is 0 Å². The van der Waals surface area contributed by atoms with Gasteiger partial charge in [0.15, 0.2) is 0 Å². The van der Waals surface area contributed by atoms with Gasteiger partial charge in [-0.2, -0.15) is 0 Å². The van der Waals surface area contributed by atoms with Crippen molar-refractivity contribution in [2.45, 2.75) is 6.92 Å². The Bertz CT molecular complexity index is 452. The van der Waals surface area contributed by atoms with E-state index in [0.29, 0.717) is 5.75 Å². The van der Waals surface area contributed by atoms with Crippen LogP contribution in [0.3, 0.4) is 0 Å². The molecule has 0 bridgehead atoms. The van der Waals surface area contributed by atoms with E-state index in [-0.39, 0.29) is 18.8 Å². The highest BCUT2D eigenvalue weighted by molar-refractivity contribution is 5.87. The number of carboxylic acids is 1. The predicted molar refractivity (Wildman–Crippen MR) is 68.8 cm³/mol. The summed E-state index contributed by atoms with van der Waals surface area (Å²) in [7, 11) is 0. The first-order valence-electron chi connectivity index (χ1n) is 5.74. The minimum atomic E-state index is -1.08. The summed E-state index contributed by atoms with van der Waals surface area (Å²) >= 11 is 0. The van der Waals surface area contributed by atoms with Gasteiger partial charge in [0.25, 0.3) is 0 Å². The van der Waals surface area contributed by atoms with E-state index in [4.69, 9.17) is 14.6 Å². The van der Waals surface area contributed by atoms with Gasteiger partial charge in [0, 0.05) is 5.57 Å². The number of carbonyl (C=O) groups excluding carboxylic acids is 1. The predicted octanol–water partition coefficient (Wildman–Crippen LogP) is 1.89. The van der Waals surface area contributed by atoms with Gasteiger partial charge < -0.3 is 14.6 Å². The van der Waals surface area contributed by atoms with E-state index in [0.717, 1.165) is 0 Å². The Morgan fingerprint density at radius 1 is 1.26 bits per heavy atom. The monoisotopic (exact) mass is 264 g/mol. The highest BCUT2D eigenvalue weighted by atomic mass is 16.5. The number of rotatable bonds is 7. The lowest BCUT2D eigenvalue weighted by molar-refractivity contribution is -0.149. The zero-order chi connectivity index (χ0) is 14.3. The molecule has 1 aromatic rings. The zero-order valence-electron chi connectivity index (χ0n) is 10.7. The Labute approximate surface area is 111 Å². The number of hydrogen-bond donors (Lipinski definition) is 1. The quantitative estimate of drug-likeness (QED) is 0.601. The van der Waals surface area contributed by atoms with Crippen molar-refractivity contribution < 1.29 is 24.2 Å². The van der Waals surface area contributed by atoms with Gasteiger partial charge in [-0.25, -0.2) is 4.79 Å². The molecule has 0 aliphatic rings. The molecule has 19 heavy (non-hydrogen) atoms. The third kappa shape index (κ3) is 5.25. The van der Waals surface area contributed by atoms with Crippen molar-refractivity contribution in [3.8, 4) is 5.75 Å². The molecule has 1 N–H and O–H groups in total. The molecule has 0 heterocycles. The second kappa shape index (κ2) is 7.20. The van der Waals surface area contributed by atoms with Crippen LogP contribution in [0.1, 0.15) is 6.92 Å². The Balaban J connectivity index is 2.47. The van der Waals surface area contributed by atoms with Crippen LogP contribution in [-0.2, 0) is 14.3 Å². The number of ether oxygens (including phenoxy) is 2. The van der Waals surface area contributed by atoms with Crippen LogP contribution in [0, 0.1) is 5.92 Å². The van der Waals surface area contributed by atoms with Crippen LogP contribution in [0.5, 0.6) is 5.75 Å². The summed E-state index contributed by atoms with van der Waals surface area (Å²) in [6.07, 6.45) is 0. The molecule has 0 fully saturated rings. The maximum atomic E-state index is 11.2. The van der Waals surface area contributed by atoms with Crippen molar-refractivity contribution in [2.24, 2.45) is 5.92 Å². The molecule has 0 aliphatic heterocycles. The minimum absolute atomic E-state index is 0.0666. The minimum Gasteiger partial charge on any atom is -0.493 e. The van der Waals surface area contributed by atoms with Crippen LogP contribution in [0.25, 0.3) is 0 Å². The maximum absolute atomic E-state index is 11.2. The van der Waals surface area contributed by atoms with E-state index in [1.807, 2.05) is 6.07 Å². The molecule has 0 saturated carbocycles. The van der Waals surface area contributed by atoms with Gasteiger partial charge in [0.05, 0.1) is 0 Å². The molecule has 1 rings (SSSR count). The van der Waals surface area contributed by atoms with Gasteiger partial charge >= 0.3 is 11.9 Å². The van der Waals surface area contributed by atoms with Gasteiger partial charge in [-0.3, -0.25) is 4.79 Å². The Kier molecular flexibility index (Phi) is 5.60.